The molecule has 0 N–H and O–H groups in total. The van der Waals surface area contributed by atoms with E-state index in [0.717, 1.165) is 19.4 Å². The minimum Gasteiger partial charge on any atom is -0.368 e. The van der Waals surface area contributed by atoms with Crippen LogP contribution in [0, 0.1) is 0 Å². The highest BCUT2D eigenvalue weighted by Crippen LogP contribution is 1.98. The van der Waals surface area contributed by atoms with Gasteiger partial charge in [-0.05, 0) is 7.05 Å². The number of morpholine rings is 1. The summed E-state index contributed by atoms with van der Waals surface area (Å²) in [5.41, 5.74) is 0. The van der Waals surface area contributed by atoms with Crippen molar-refractivity contribution in [3.63, 3.8) is 0 Å². The van der Waals surface area contributed by atoms with E-state index in [2.05, 4.69) is 4.90 Å². The van der Waals surface area contributed by atoms with Crippen molar-refractivity contribution >= 4 is 6.29 Å². The molecular weight excluding hydrogens is 118 g/mol. The van der Waals surface area contributed by atoms with E-state index in [0.29, 0.717) is 6.61 Å². The molecule has 1 heterocycles. The Hall–Kier alpha value is -0.410. The maximum absolute atomic E-state index is 10.2. The Morgan fingerprint density at radius 2 is 2.56 bits per heavy atom. The molecule has 0 aliphatic carbocycles. The second-order valence-corrected chi connectivity index (χ2v) is 2.31. The van der Waals surface area contributed by atoms with Crippen LogP contribution >= 0.6 is 0 Å². The Morgan fingerprint density at radius 3 is 3.00 bits per heavy atom. The molecule has 52 valence electrons. The molecular formula is C6H11NO2. The van der Waals surface area contributed by atoms with Crippen LogP contribution in [0.4, 0.5) is 0 Å². The summed E-state index contributed by atoms with van der Waals surface area (Å²) in [5.74, 6) is 0. The molecule has 1 rings (SSSR count). The molecule has 1 aliphatic heterocycles. The summed E-state index contributed by atoms with van der Waals surface area (Å²) in [6.45, 7) is 2.35. The lowest BCUT2D eigenvalue weighted by atomic mass is 10.3. The molecule has 1 aliphatic rings. The van der Waals surface area contributed by atoms with Gasteiger partial charge in [-0.15, -0.1) is 0 Å². The highest BCUT2D eigenvalue weighted by atomic mass is 16.5. The van der Waals surface area contributed by atoms with E-state index in [1.165, 1.54) is 0 Å². The average molecular weight is 129 g/mol. The molecule has 0 amide bonds. The smallest absolute Gasteiger partial charge is 0.150 e. The van der Waals surface area contributed by atoms with Crippen LogP contribution in [0.2, 0.25) is 0 Å². The summed E-state index contributed by atoms with van der Waals surface area (Å²) in [6, 6.07) is 0. The zero-order valence-corrected chi connectivity index (χ0v) is 5.54. The number of nitrogens with zero attached hydrogens (tertiary/aromatic N) is 1. The van der Waals surface area contributed by atoms with Gasteiger partial charge in [0.05, 0.1) is 6.61 Å². The standard InChI is InChI=1S/C6H11NO2/c1-7-2-3-9-6(4-7)5-8/h5-6H,2-4H2,1H3. The highest BCUT2D eigenvalue weighted by molar-refractivity contribution is 5.56. The van der Waals surface area contributed by atoms with Crippen LogP contribution in [-0.4, -0.2) is 44.0 Å². The van der Waals surface area contributed by atoms with Gasteiger partial charge in [0.1, 0.15) is 12.4 Å². The molecule has 0 bridgehead atoms. The molecule has 0 aromatic carbocycles. The highest BCUT2D eigenvalue weighted by Gasteiger charge is 2.15. The Morgan fingerprint density at radius 1 is 1.78 bits per heavy atom. The predicted molar refractivity (Wildman–Crippen MR) is 33.3 cm³/mol. The van der Waals surface area contributed by atoms with Gasteiger partial charge in [-0.25, -0.2) is 0 Å². The van der Waals surface area contributed by atoms with Gasteiger partial charge in [0.25, 0.3) is 0 Å². The van der Waals surface area contributed by atoms with Crippen LogP contribution in [-0.2, 0) is 9.53 Å². The zero-order chi connectivity index (χ0) is 6.69. The number of likely N-dealkylation sites (N-methyl/N-ethyl adjacent to an activating group) is 1. The first-order valence-corrected chi connectivity index (χ1v) is 3.08. The maximum atomic E-state index is 10.2. The minimum atomic E-state index is -0.191. The number of ether oxygens (including phenoxy) is 1. The molecule has 3 nitrogen and oxygen atoms in total. The molecule has 0 saturated carbocycles. The van der Waals surface area contributed by atoms with E-state index in [1.807, 2.05) is 7.05 Å². The molecule has 0 radical (unpaired) electrons. The summed E-state index contributed by atoms with van der Waals surface area (Å²) < 4.78 is 5.09. The van der Waals surface area contributed by atoms with Gasteiger partial charge in [-0.1, -0.05) is 0 Å². The van der Waals surface area contributed by atoms with Crippen molar-refractivity contribution in [2.24, 2.45) is 0 Å². The van der Waals surface area contributed by atoms with Gasteiger partial charge in [-0.3, -0.25) is 0 Å². The van der Waals surface area contributed by atoms with Crippen LogP contribution < -0.4 is 0 Å². The van der Waals surface area contributed by atoms with E-state index in [4.69, 9.17) is 4.74 Å². The van der Waals surface area contributed by atoms with Gasteiger partial charge >= 0.3 is 0 Å². The Bertz CT molecular complexity index is 105. The lowest BCUT2D eigenvalue weighted by Gasteiger charge is -2.26. The fourth-order valence-corrected chi connectivity index (χ4v) is 0.893. The summed E-state index contributed by atoms with van der Waals surface area (Å²) in [7, 11) is 1.99. The van der Waals surface area contributed by atoms with Crippen LogP contribution in [0.15, 0.2) is 0 Å². The van der Waals surface area contributed by atoms with Gasteiger partial charge in [0.15, 0.2) is 0 Å². The Labute approximate surface area is 54.6 Å². The zero-order valence-electron chi connectivity index (χ0n) is 5.54. The molecule has 1 fully saturated rings. The number of hydrogen-bond donors (Lipinski definition) is 0. The van der Waals surface area contributed by atoms with Crippen molar-refractivity contribution < 1.29 is 9.53 Å². The summed E-state index contributed by atoms with van der Waals surface area (Å²) in [6.07, 6.45) is 0.666. The topological polar surface area (TPSA) is 29.5 Å². The monoisotopic (exact) mass is 129 g/mol. The predicted octanol–water partition coefficient (Wildman–Crippen LogP) is -0.484. The molecule has 3 heteroatoms. The van der Waals surface area contributed by atoms with Crippen molar-refractivity contribution in [3.05, 3.63) is 0 Å². The van der Waals surface area contributed by atoms with Crippen molar-refractivity contribution in [2.75, 3.05) is 26.7 Å². The molecule has 1 atom stereocenters. The van der Waals surface area contributed by atoms with Crippen LogP contribution in [0.5, 0.6) is 0 Å². The number of carbonyl (C=O) groups excluding carboxylic acids is 1. The number of hydrogen-bond acceptors (Lipinski definition) is 3. The first kappa shape index (κ1) is 6.71. The fraction of sp³-hybridized carbons (Fsp3) is 0.833. The molecule has 0 spiro atoms. The summed E-state index contributed by atoms with van der Waals surface area (Å²) in [5, 5.41) is 0. The van der Waals surface area contributed by atoms with Crippen molar-refractivity contribution in [1.29, 1.82) is 0 Å². The lowest BCUT2D eigenvalue weighted by molar-refractivity contribution is -0.122. The third-order valence-electron chi connectivity index (χ3n) is 1.45. The van der Waals surface area contributed by atoms with E-state index >= 15 is 0 Å². The molecule has 1 saturated heterocycles. The lowest BCUT2D eigenvalue weighted by Crippen LogP contribution is -2.40. The normalized spacial score (nSPS) is 30.1. The third kappa shape index (κ3) is 1.77. The number of carbonyl (C=O) groups is 1. The van der Waals surface area contributed by atoms with Crippen LogP contribution in [0.25, 0.3) is 0 Å². The number of rotatable bonds is 1. The second-order valence-electron chi connectivity index (χ2n) is 2.31. The van der Waals surface area contributed by atoms with Crippen LogP contribution in [0.1, 0.15) is 0 Å². The SMILES string of the molecule is CN1CCOC(C=O)C1. The average Bonchev–Trinajstić information content (AvgIpc) is 1.88. The summed E-state index contributed by atoms with van der Waals surface area (Å²) >= 11 is 0. The first-order valence-electron chi connectivity index (χ1n) is 3.08. The molecule has 0 aromatic rings. The van der Waals surface area contributed by atoms with Crippen molar-refractivity contribution in [1.82, 2.24) is 4.90 Å². The van der Waals surface area contributed by atoms with Crippen molar-refractivity contribution in [3.8, 4) is 0 Å². The van der Waals surface area contributed by atoms with Gasteiger partial charge in [0.2, 0.25) is 0 Å². The third-order valence-corrected chi connectivity index (χ3v) is 1.45. The Balaban J connectivity index is 2.31. The first-order chi connectivity index (χ1) is 4.33. The van der Waals surface area contributed by atoms with E-state index in [9.17, 15) is 4.79 Å². The second kappa shape index (κ2) is 2.94. The van der Waals surface area contributed by atoms with E-state index in [1.54, 1.807) is 0 Å². The Kier molecular flexibility index (Phi) is 2.19. The minimum absolute atomic E-state index is 0.191. The van der Waals surface area contributed by atoms with Crippen LogP contribution in [0.3, 0.4) is 0 Å². The molecule has 9 heavy (non-hydrogen) atoms. The maximum Gasteiger partial charge on any atom is 0.150 e. The quantitative estimate of drug-likeness (QED) is 0.448. The molecule has 1 unspecified atom stereocenters. The molecule has 0 aromatic heterocycles. The van der Waals surface area contributed by atoms with Gasteiger partial charge in [0, 0.05) is 13.1 Å². The van der Waals surface area contributed by atoms with Crippen molar-refractivity contribution in [2.45, 2.75) is 6.10 Å². The van der Waals surface area contributed by atoms with Gasteiger partial charge in [-0.2, -0.15) is 0 Å². The van der Waals surface area contributed by atoms with Gasteiger partial charge < -0.3 is 14.4 Å². The fourth-order valence-electron chi connectivity index (χ4n) is 0.893. The number of aldehydes is 1. The largest absolute Gasteiger partial charge is 0.368 e. The summed E-state index contributed by atoms with van der Waals surface area (Å²) in [4.78, 5) is 12.2. The van der Waals surface area contributed by atoms with E-state index in [-0.39, 0.29) is 6.10 Å². The van der Waals surface area contributed by atoms with E-state index < -0.39 is 0 Å².